The molecule has 0 saturated carbocycles. The summed E-state index contributed by atoms with van der Waals surface area (Å²) in [5.74, 6) is 0. The lowest BCUT2D eigenvalue weighted by molar-refractivity contribution is 0.152. The van der Waals surface area contributed by atoms with Gasteiger partial charge in [-0.15, -0.1) is 0 Å². The van der Waals surface area contributed by atoms with Gasteiger partial charge in [0.1, 0.15) is 0 Å². The standard InChI is InChI=1S/C23H25Cl2N3O2/c1-17-8-10-18(11-9-17)15-27-12-4-5-19(27)16-28(13-14-30-2)23(29)26-21-7-3-6-20(24)22(21)25/h3-12H,13-16H2,1-2H3,(H,26,29). The average molecular weight is 446 g/mol. The first-order chi connectivity index (χ1) is 14.5. The van der Waals surface area contributed by atoms with Gasteiger partial charge in [0.25, 0.3) is 0 Å². The summed E-state index contributed by atoms with van der Waals surface area (Å²) in [6.45, 7) is 4.11. The van der Waals surface area contributed by atoms with E-state index < -0.39 is 0 Å². The third-order valence-corrected chi connectivity index (χ3v) is 5.61. The fourth-order valence-corrected chi connectivity index (χ4v) is 3.43. The fourth-order valence-electron chi connectivity index (χ4n) is 3.08. The van der Waals surface area contributed by atoms with Gasteiger partial charge in [0, 0.05) is 32.1 Å². The van der Waals surface area contributed by atoms with Crippen molar-refractivity contribution in [3.8, 4) is 0 Å². The minimum absolute atomic E-state index is 0.265. The number of anilines is 1. The summed E-state index contributed by atoms with van der Waals surface area (Å²) >= 11 is 12.3. The highest BCUT2D eigenvalue weighted by molar-refractivity contribution is 6.43. The van der Waals surface area contributed by atoms with Crippen molar-refractivity contribution in [3.05, 3.63) is 87.7 Å². The van der Waals surface area contributed by atoms with Crippen molar-refractivity contribution in [2.45, 2.75) is 20.0 Å². The van der Waals surface area contributed by atoms with Crippen LogP contribution in [0.1, 0.15) is 16.8 Å². The number of ether oxygens (including phenoxy) is 1. The van der Waals surface area contributed by atoms with E-state index in [0.717, 1.165) is 12.2 Å². The van der Waals surface area contributed by atoms with Gasteiger partial charge in [0.05, 0.1) is 28.9 Å². The first-order valence-electron chi connectivity index (χ1n) is 9.66. The predicted octanol–water partition coefficient (Wildman–Crippen LogP) is 5.83. The van der Waals surface area contributed by atoms with Gasteiger partial charge in [0.2, 0.25) is 0 Å². The smallest absolute Gasteiger partial charge is 0.322 e. The van der Waals surface area contributed by atoms with Gasteiger partial charge < -0.3 is 19.5 Å². The second-order valence-corrected chi connectivity index (χ2v) is 7.84. The first kappa shape index (κ1) is 22.2. The second kappa shape index (κ2) is 10.5. The molecule has 7 heteroatoms. The molecule has 3 aromatic rings. The number of carbonyl (C=O) groups is 1. The monoisotopic (exact) mass is 445 g/mol. The normalized spacial score (nSPS) is 10.8. The first-order valence-corrected chi connectivity index (χ1v) is 10.4. The molecular formula is C23H25Cl2N3O2. The van der Waals surface area contributed by atoms with E-state index in [2.05, 4.69) is 41.1 Å². The number of methoxy groups -OCH3 is 1. The van der Waals surface area contributed by atoms with Gasteiger partial charge in [-0.3, -0.25) is 0 Å². The second-order valence-electron chi connectivity index (χ2n) is 7.06. The van der Waals surface area contributed by atoms with Crippen LogP contribution in [0.15, 0.2) is 60.8 Å². The molecule has 0 radical (unpaired) electrons. The Morgan fingerprint density at radius 2 is 1.87 bits per heavy atom. The van der Waals surface area contributed by atoms with Crippen molar-refractivity contribution in [3.63, 3.8) is 0 Å². The van der Waals surface area contributed by atoms with Crippen molar-refractivity contribution < 1.29 is 9.53 Å². The maximum absolute atomic E-state index is 13.0. The van der Waals surface area contributed by atoms with Crippen molar-refractivity contribution in [2.75, 3.05) is 25.6 Å². The molecule has 3 rings (SSSR count). The minimum atomic E-state index is -0.265. The van der Waals surface area contributed by atoms with Crippen LogP contribution in [0.5, 0.6) is 0 Å². The predicted molar refractivity (Wildman–Crippen MR) is 122 cm³/mol. The number of hydrogen-bond acceptors (Lipinski definition) is 2. The molecule has 0 unspecified atom stereocenters. The molecule has 5 nitrogen and oxygen atoms in total. The Kier molecular flexibility index (Phi) is 7.80. The molecule has 1 N–H and O–H groups in total. The van der Waals surface area contributed by atoms with Crippen LogP contribution < -0.4 is 5.32 Å². The van der Waals surface area contributed by atoms with Gasteiger partial charge in [-0.25, -0.2) is 4.79 Å². The van der Waals surface area contributed by atoms with E-state index in [1.165, 1.54) is 11.1 Å². The van der Waals surface area contributed by atoms with Gasteiger partial charge in [-0.1, -0.05) is 59.1 Å². The quantitative estimate of drug-likeness (QED) is 0.473. The molecule has 1 aromatic heterocycles. The summed E-state index contributed by atoms with van der Waals surface area (Å²) in [6.07, 6.45) is 2.02. The molecule has 2 aromatic carbocycles. The third-order valence-electron chi connectivity index (χ3n) is 4.80. The fraction of sp³-hybridized carbons (Fsp3) is 0.261. The number of aryl methyl sites for hydroxylation is 1. The number of aromatic nitrogens is 1. The highest BCUT2D eigenvalue weighted by Crippen LogP contribution is 2.29. The van der Waals surface area contributed by atoms with E-state index in [1.807, 2.05) is 18.3 Å². The number of carbonyl (C=O) groups excluding carboxylic acids is 1. The molecule has 0 aliphatic rings. The highest BCUT2D eigenvalue weighted by Gasteiger charge is 2.17. The highest BCUT2D eigenvalue weighted by atomic mass is 35.5. The van der Waals surface area contributed by atoms with Gasteiger partial charge in [-0.2, -0.15) is 0 Å². The third kappa shape index (κ3) is 5.79. The number of benzene rings is 2. The average Bonchev–Trinajstić information content (AvgIpc) is 3.17. The summed E-state index contributed by atoms with van der Waals surface area (Å²) in [5, 5.41) is 3.57. The lowest BCUT2D eigenvalue weighted by atomic mass is 10.1. The molecule has 1 heterocycles. The lowest BCUT2D eigenvalue weighted by Gasteiger charge is -2.24. The van der Waals surface area contributed by atoms with E-state index in [1.54, 1.807) is 30.2 Å². The SMILES string of the molecule is COCCN(Cc1cccn1Cc1ccc(C)cc1)C(=O)Nc1cccc(Cl)c1Cl. The Labute approximate surface area is 187 Å². The van der Waals surface area contributed by atoms with Gasteiger partial charge in [-0.05, 0) is 36.8 Å². The lowest BCUT2D eigenvalue weighted by Crippen LogP contribution is -2.37. The Balaban J connectivity index is 1.75. The molecule has 0 fully saturated rings. The van der Waals surface area contributed by atoms with Crippen molar-refractivity contribution in [2.24, 2.45) is 0 Å². The Bertz CT molecular complexity index is 986. The van der Waals surface area contributed by atoms with Crippen LogP contribution in [-0.2, 0) is 17.8 Å². The number of halogens is 2. The molecule has 158 valence electrons. The molecule has 0 bridgehead atoms. The molecule has 0 spiro atoms. The van der Waals surface area contributed by atoms with Crippen LogP contribution >= 0.6 is 23.2 Å². The Morgan fingerprint density at radius 3 is 2.60 bits per heavy atom. The number of nitrogens with zero attached hydrogens (tertiary/aromatic N) is 2. The summed E-state index contributed by atoms with van der Waals surface area (Å²) in [5.41, 5.74) is 3.94. The Morgan fingerprint density at radius 1 is 1.10 bits per heavy atom. The van der Waals surface area contributed by atoms with Crippen LogP contribution in [0.2, 0.25) is 10.0 Å². The Hall–Kier alpha value is -2.47. The van der Waals surface area contributed by atoms with E-state index in [4.69, 9.17) is 27.9 Å². The summed E-state index contributed by atoms with van der Waals surface area (Å²) in [7, 11) is 1.62. The van der Waals surface area contributed by atoms with Crippen LogP contribution in [0.25, 0.3) is 0 Å². The van der Waals surface area contributed by atoms with Crippen LogP contribution in [-0.4, -0.2) is 35.8 Å². The zero-order valence-electron chi connectivity index (χ0n) is 17.1. The number of hydrogen-bond donors (Lipinski definition) is 1. The van der Waals surface area contributed by atoms with Crippen molar-refractivity contribution >= 4 is 34.9 Å². The number of amides is 2. The molecule has 0 aliphatic heterocycles. The summed E-state index contributed by atoms with van der Waals surface area (Å²) < 4.78 is 7.34. The molecular weight excluding hydrogens is 421 g/mol. The summed E-state index contributed by atoms with van der Waals surface area (Å²) in [6, 6.07) is 17.3. The van der Waals surface area contributed by atoms with Crippen molar-refractivity contribution in [1.29, 1.82) is 0 Å². The number of nitrogens with one attached hydrogen (secondary N) is 1. The van der Waals surface area contributed by atoms with E-state index >= 15 is 0 Å². The van der Waals surface area contributed by atoms with Crippen LogP contribution in [0, 0.1) is 6.92 Å². The van der Waals surface area contributed by atoms with E-state index in [0.29, 0.717) is 35.4 Å². The molecule has 30 heavy (non-hydrogen) atoms. The largest absolute Gasteiger partial charge is 0.383 e. The van der Waals surface area contributed by atoms with E-state index in [-0.39, 0.29) is 6.03 Å². The zero-order chi connectivity index (χ0) is 21.5. The van der Waals surface area contributed by atoms with E-state index in [9.17, 15) is 4.79 Å². The van der Waals surface area contributed by atoms with Crippen LogP contribution in [0.3, 0.4) is 0 Å². The number of urea groups is 1. The zero-order valence-corrected chi connectivity index (χ0v) is 18.6. The maximum Gasteiger partial charge on any atom is 0.322 e. The minimum Gasteiger partial charge on any atom is -0.383 e. The molecule has 2 amide bonds. The van der Waals surface area contributed by atoms with Gasteiger partial charge >= 0.3 is 6.03 Å². The summed E-state index contributed by atoms with van der Waals surface area (Å²) in [4.78, 5) is 14.7. The molecule has 0 aliphatic carbocycles. The maximum atomic E-state index is 13.0. The molecule has 0 saturated heterocycles. The molecule has 0 atom stereocenters. The van der Waals surface area contributed by atoms with Gasteiger partial charge in [0.15, 0.2) is 0 Å². The van der Waals surface area contributed by atoms with Crippen LogP contribution in [0.4, 0.5) is 10.5 Å². The number of rotatable bonds is 8. The topological polar surface area (TPSA) is 46.5 Å². The van der Waals surface area contributed by atoms with Crippen molar-refractivity contribution in [1.82, 2.24) is 9.47 Å².